The van der Waals surface area contributed by atoms with Crippen molar-refractivity contribution in [3.05, 3.63) is 0 Å². The van der Waals surface area contributed by atoms with Crippen LogP contribution in [0.4, 0.5) is 0 Å². The molecule has 1 saturated carbocycles. The van der Waals surface area contributed by atoms with E-state index in [2.05, 4.69) is 27.7 Å². The summed E-state index contributed by atoms with van der Waals surface area (Å²) in [5, 5.41) is 0. The molecule has 3 nitrogen and oxygen atoms in total. The van der Waals surface area contributed by atoms with E-state index in [1.807, 2.05) is 0 Å². The van der Waals surface area contributed by atoms with Crippen molar-refractivity contribution in [2.24, 2.45) is 22.5 Å². The summed E-state index contributed by atoms with van der Waals surface area (Å²) in [6, 6.07) is 0.104. The van der Waals surface area contributed by atoms with E-state index in [1.54, 1.807) is 0 Å². The molecule has 0 aliphatic heterocycles. The third-order valence-electron chi connectivity index (χ3n) is 5.16. The number of rotatable bonds is 4. The lowest BCUT2D eigenvalue weighted by Crippen LogP contribution is -2.46. The van der Waals surface area contributed by atoms with Crippen molar-refractivity contribution in [3.8, 4) is 0 Å². The smallest absolute Gasteiger partial charge is 0.306 e. The van der Waals surface area contributed by atoms with Crippen LogP contribution in [0.25, 0.3) is 0 Å². The van der Waals surface area contributed by atoms with Crippen molar-refractivity contribution in [2.75, 3.05) is 7.11 Å². The summed E-state index contributed by atoms with van der Waals surface area (Å²) in [6.07, 6.45) is 5.87. The van der Waals surface area contributed by atoms with Gasteiger partial charge in [-0.2, -0.15) is 0 Å². The second kappa shape index (κ2) is 6.25. The Morgan fingerprint density at radius 1 is 1.37 bits per heavy atom. The predicted molar refractivity (Wildman–Crippen MR) is 78.7 cm³/mol. The third-order valence-corrected chi connectivity index (χ3v) is 5.16. The average Bonchev–Trinajstić information content (AvgIpc) is 2.37. The highest BCUT2D eigenvalue weighted by molar-refractivity contribution is 5.70. The quantitative estimate of drug-likeness (QED) is 0.795. The molecule has 112 valence electrons. The Morgan fingerprint density at radius 2 is 1.89 bits per heavy atom. The zero-order chi connectivity index (χ0) is 14.7. The van der Waals surface area contributed by atoms with Crippen molar-refractivity contribution < 1.29 is 9.53 Å². The molecule has 0 aromatic heterocycles. The number of esters is 1. The van der Waals surface area contributed by atoms with Gasteiger partial charge in [-0.1, -0.05) is 27.7 Å². The van der Waals surface area contributed by atoms with Crippen molar-refractivity contribution in [2.45, 2.75) is 72.3 Å². The summed E-state index contributed by atoms with van der Waals surface area (Å²) < 4.78 is 4.87. The summed E-state index contributed by atoms with van der Waals surface area (Å²) in [5.74, 6) is 0.625. The molecule has 1 unspecified atom stereocenters. The highest BCUT2D eigenvalue weighted by Crippen LogP contribution is 2.49. The van der Waals surface area contributed by atoms with Crippen molar-refractivity contribution >= 4 is 5.97 Å². The second-order valence-electron chi connectivity index (χ2n) is 7.27. The van der Waals surface area contributed by atoms with Crippen LogP contribution >= 0.6 is 0 Å². The highest BCUT2D eigenvalue weighted by atomic mass is 16.5. The number of methoxy groups -OCH3 is 1. The molecule has 1 atom stereocenters. The molecule has 0 bridgehead atoms. The van der Waals surface area contributed by atoms with E-state index in [4.69, 9.17) is 10.5 Å². The van der Waals surface area contributed by atoms with Crippen molar-refractivity contribution in [3.63, 3.8) is 0 Å². The second-order valence-corrected chi connectivity index (χ2v) is 7.27. The van der Waals surface area contributed by atoms with Gasteiger partial charge in [-0.15, -0.1) is 0 Å². The average molecular weight is 269 g/mol. The minimum atomic E-state index is -0.113. The summed E-state index contributed by atoms with van der Waals surface area (Å²) in [5.41, 5.74) is 6.65. The summed E-state index contributed by atoms with van der Waals surface area (Å²) in [7, 11) is 1.47. The molecule has 2 N–H and O–H groups in total. The maximum Gasteiger partial charge on any atom is 0.306 e. The summed E-state index contributed by atoms with van der Waals surface area (Å²) in [6.45, 7) is 9.04. The van der Waals surface area contributed by atoms with Gasteiger partial charge in [0.05, 0.1) is 13.5 Å². The Hall–Kier alpha value is -0.570. The van der Waals surface area contributed by atoms with E-state index in [0.717, 1.165) is 25.2 Å². The first-order valence-corrected chi connectivity index (χ1v) is 7.57. The molecule has 1 aliphatic carbocycles. The fourth-order valence-electron chi connectivity index (χ4n) is 3.53. The minimum Gasteiger partial charge on any atom is -0.469 e. The fraction of sp³-hybridized carbons (Fsp3) is 0.938. The first kappa shape index (κ1) is 16.5. The van der Waals surface area contributed by atoms with E-state index in [-0.39, 0.29) is 17.4 Å². The van der Waals surface area contributed by atoms with Crippen molar-refractivity contribution in [1.29, 1.82) is 0 Å². The Labute approximate surface area is 118 Å². The van der Waals surface area contributed by atoms with Crippen LogP contribution in [-0.2, 0) is 9.53 Å². The van der Waals surface area contributed by atoms with Gasteiger partial charge in [-0.25, -0.2) is 0 Å². The van der Waals surface area contributed by atoms with Crippen LogP contribution in [0.2, 0.25) is 0 Å². The first-order chi connectivity index (χ1) is 8.75. The fourth-order valence-corrected chi connectivity index (χ4v) is 3.53. The lowest BCUT2D eigenvalue weighted by molar-refractivity contribution is -0.145. The highest BCUT2D eigenvalue weighted by Gasteiger charge is 2.43. The zero-order valence-corrected chi connectivity index (χ0v) is 13.3. The molecule has 1 rings (SSSR count). The number of hydrogen-bond acceptors (Lipinski definition) is 3. The van der Waals surface area contributed by atoms with Gasteiger partial charge >= 0.3 is 5.97 Å². The third kappa shape index (κ3) is 3.95. The Morgan fingerprint density at radius 3 is 2.26 bits per heavy atom. The number of hydrogen-bond donors (Lipinski definition) is 1. The summed E-state index contributed by atoms with van der Waals surface area (Å²) in [4.78, 5) is 11.7. The standard InChI is InChI=1S/C16H31NO2/c1-6-13(17)16(11-14(18)19-5)9-7-12(8-10-16)15(2,3)4/h12-13H,6-11,17H2,1-5H3. The van der Waals surface area contributed by atoms with Gasteiger partial charge in [0, 0.05) is 6.04 Å². The maximum absolute atomic E-state index is 11.7. The van der Waals surface area contributed by atoms with E-state index in [1.165, 1.54) is 20.0 Å². The molecule has 0 aromatic carbocycles. The van der Waals surface area contributed by atoms with E-state index >= 15 is 0 Å². The lowest BCUT2D eigenvalue weighted by atomic mass is 9.60. The SMILES string of the molecule is CCC(N)C1(CC(=O)OC)CCC(C(C)(C)C)CC1. The maximum atomic E-state index is 11.7. The summed E-state index contributed by atoms with van der Waals surface area (Å²) >= 11 is 0. The molecule has 0 spiro atoms. The van der Waals surface area contributed by atoms with Crippen LogP contribution in [0, 0.1) is 16.7 Å². The normalized spacial score (nSPS) is 29.9. The van der Waals surface area contributed by atoms with Gasteiger partial charge in [0.1, 0.15) is 0 Å². The molecule has 0 radical (unpaired) electrons. The van der Waals surface area contributed by atoms with Gasteiger partial charge in [0.2, 0.25) is 0 Å². The largest absolute Gasteiger partial charge is 0.469 e. The molecule has 19 heavy (non-hydrogen) atoms. The number of ether oxygens (including phenoxy) is 1. The van der Waals surface area contributed by atoms with Gasteiger partial charge < -0.3 is 10.5 Å². The molecule has 0 aromatic rings. The van der Waals surface area contributed by atoms with Gasteiger partial charge in [-0.05, 0) is 48.9 Å². The van der Waals surface area contributed by atoms with Crippen LogP contribution in [-0.4, -0.2) is 19.1 Å². The zero-order valence-electron chi connectivity index (χ0n) is 13.3. The van der Waals surface area contributed by atoms with Crippen LogP contribution in [0.15, 0.2) is 0 Å². The molecular weight excluding hydrogens is 238 g/mol. The molecule has 1 fully saturated rings. The Bertz CT molecular complexity index is 298. The monoisotopic (exact) mass is 269 g/mol. The molecule has 3 heteroatoms. The minimum absolute atomic E-state index is 0.0381. The number of carbonyl (C=O) groups is 1. The first-order valence-electron chi connectivity index (χ1n) is 7.57. The Kier molecular flexibility index (Phi) is 5.43. The molecule has 0 heterocycles. The van der Waals surface area contributed by atoms with Crippen LogP contribution < -0.4 is 5.73 Å². The Balaban J connectivity index is 2.77. The van der Waals surface area contributed by atoms with Crippen LogP contribution in [0.1, 0.15) is 66.2 Å². The topological polar surface area (TPSA) is 52.3 Å². The lowest BCUT2D eigenvalue weighted by Gasteiger charge is -2.46. The number of nitrogens with two attached hydrogens (primary N) is 1. The van der Waals surface area contributed by atoms with Gasteiger partial charge in [-0.3, -0.25) is 4.79 Å². The van der Waals surface area contributed by atoms with E-state index in [9.17, 15) is 4.79 Å². The molecule has 1 aliphatic rings. The molecule has 0 saturated heterocycles. The van der Waals surface area contributed by atoms with Gasteiger partial charge in [0.25, 0.3) is 0 Å². The molecule has 0 amide bonds. The van der Waals surface area contributed by atoms with E-state index < -0.39 is 0 Å². The van der Waals surface area contributed by atoms with Gasteiger partial charge in [0.15, 0.2) is 0 Å². The van der Waals surface area contributed by atoms with Crippen LogP contribution in [0.5, 0.6) is 0 Å². The predicted octanol–water partition coefficient (Wildman–Crippen LogP) is 3.51. The number of carbonyl (C=O) groups excluding carboxylic acids is 1. The van der Waals surface area contributed by atoms with Crippen LogP contribution in [0.3, 0.4) is 0 Å². The van der Waals surface area contributed by atoms with Crippen molar-refractivity contribution in [1.82, 2.24) is 0 Å². The molecular formula is C16H31NO2. The van der Waals surface area contributed by atoms with E-state index in [0.29, 0.717) is 11.8 Å².